The molecule has 4 rings (SSSR count). The molecule has 0 spiro atoms. The fourth-order valence-corrected chi connectivity index (χ4v) is 2.99. The number of ether oxygens (including phenoxy) is 1. The zero-order chi connectivity index (χ0) is 16.7. The monoisotopic (exact) mass is 322 g/mol. The minimum atomic E-state index is -0.167. The van der Waals surface area contributed by atoms with Gasteiger partial charge in [-0.3, -0.25) is 14.6 Å². The highest BCUT2D eigenvalue weighted by Gasteiger charge is 2.31. The average Bonchev–Trinajstić information content (AvgIpc) is 3.43. The van der Waals surface area contributed by atoms with Crippen LogP contribution >= 0.6 is 0 Å². The summed E-state index contributed by atoms with van der Waals surface area (Å²) in [5, 5.41) is 0. The molecule has 1 aromatic carbocycles. The van der Waals surface area contributed by atoms with Crippen molar-refractivity contribution in [2.75, 3.05) is 11.9 Å². The predicted molar refractivity (Wildman–Crippen MR) is 89.8 cm³/mol. The number of nitrogens with zero attached hydrogens (tertiary/aromatic N) is 2. The van der Waals surface area contributed by atoms with Crippen molar-refractivity contribution in [3.05, 3.63) is 42.2 Å². The number of hydrogen-bond donors (Lipinski definition) is 0. The first kappa shape index (κ1) is 14.9. The summed E-state index contributed by atoms with van der Waals surface area (Å²) in [7, 11) is 1.81. The molecule has 1 aromatic heterocycles. The maximum Gasteiger partial charge on any atom is 0.314 e. The van der Waals surface area contributed by atoms with E-state index in [0.29, 0.717) is 12.2 Å². The largest absolute Gasteiger partial charge is 0.425 e. The summed E-state index contributed by atoms with van der Waals surface area (Å²) in [5.74, 6) is 0.519. The molecule has 0 atom stereocenters. The van der Waals surface area contributed by atoms with E-state index in [9.17, 15) is 9.59 Å². The van der Waals surface area contributed by atoms with Crippen molar-refractivity contribution < 1.29 is 14.3 Å². The van der Waals surface area contributed by atoms with Gasteiger partial charge >= 0.3 is 5.97 Å². The van der Waals surface area contributed by atoms with Gasteiger partial charge in [0, 0.05) is 30.9 Å². The Balaban J connectivity index is 1.62. The molecule has 122 valence electrons. The van der Waals surface area contributed by atoms with E-state index in [2.05, 4.69) is 11.1 Å². The molecule has 5 heteroatoms. The van der Waals surface area contributed by atoms with Gasteiger partial charge in [-0.25, -0.2) is 0 Å². The molecule has 1 amide bonds. The summed E-state index contributed by atoms with van der Waals surface area (Å²) >= 11 is 0. The van der Waals surface area contributed by atoms with Crippen LogP contribution in [0.1, 0.15) is 24.8 Å². The Morgan fingerprint density at radius 2 is 2.00 bits per heavy atom. The third-order valence-electron chi connectivity index (χ3n) is 4.60. The molecular weight excluding hydrogens is 304 g/mol. The molecule has 1 saturated carbocycles. The molecule has 2 heterocycles. The topological polar surface area (TPSA) is 59.5 Å². The van der Waals surface area contributed by atoms with Gasteiger partial charge in [0.15, 0.2) is 0 Å². The van der Waals surface area contributed by atoms with Crippen molar-refractivity contribution >= 4 is 17.6 Å². The molecule has 1 aliphatic heterocycles. The van der Waals surface area contributed by atoms with Crippen LogP contribution in [0, 0.1) is 5.92 Å². The Morgan fingerprint density at radius 3 is 2.79 bits per heavy atom. The van der Waals surface area contributed by atoms with Crippen molar-refractivity contribution in [2.45, 2.75) is 25.7 Å². The molecule has 2 aromatic rings. The van der Waals surface area contributed by atoms with Gasteiger partial charge in [-0.15, -0.1) is 0 Å². The molecular formula is C19H18N2O3. The van der Waals surface area contributed by atoms with Gasteiger partial charge in [0.25, 0.3) is 0 Å². The molecule has 1 fully saturated rings. The maximum absolute atomic E-state index is 11.8. The number of anilines is 1. The maximum atomic E-state index is 11.8. The van der Waals surface area contributed by atoms with Crippen molar-refractivity contribution in [2.24, 2.45) is 5.92 Å². The lowest BCUT2D eigenvalue weighted by atomic mass is 9.97. The highest BCUT2D eigenvalue weighted by Crippen LogP contribution is 2.33. The lowest BCUT2D eigenvalue weighted by Crippen LogP contribution is -2.30. The van der Waals surface area contributed by atoms with E-state index in [1.165, 1.54) is 0 Å². The molecule has 24 heavy (non-hydrogen) atoms. The lowest BCUT2D eigenvalue weighted by molar-refractivity contribution is -0.135. The molecule has 0 bridgehead atoms. The van der Waals surface area contributed by atoms with Crippen LogP contribution in [0.4, 0.5) is 5.69 Å². The Kier molecular flexibility index (Phi) is 3.56. The van der Waals surface area contributed by atoms with E-state index in [1.54, 1.807) is 24.3 Å². The van der Waals surface area contributed by atoms with Crippen LogP contribution in [-0.4, -0.2) is 23.9 Å². The molecule has 0 unspecified atom stereocenters. The van der Waals surface area contributed by atoms with Crippen LogP contribution in [0.15, 0.2) is 36.7 Å². The van der Waals surface area contributed by atoms with Crippen LogP contribution in [0.25, 0.3) is 11.1 Å². The summed E-state index contributed by atoms with van der Waals surface area (Å²) in [6.07, 6.45) is 6.44. The summed E-state index contributed by atoms with van der Waals surface area (Å²) in [6, 6.07) is 7.86. The number of esters is 1. The Bertz CT molecular complexity index is 827. The summed E-state index contributed by atoms with van der Waals surface area (Å²) in [6.45, 7) is 0. The predicted octanol–water partition coefficient (Wildman–Crippen LogP) is 2.97. The van der Waals surface area contributed by atoms with Crippen molar-refractivity contribution in [3.8, 4) is 16.9 Å². The fraction of sp³-hybridized carbons (Fsp3) is 0.316. The highest BCUT2D eigenvalue weighted by molar-refractivity contribution is 5.96. The van der Waals surface area contributed by atoms with E-state index in [-0.39, 0.29) is 17.8 Å². The first-order chi connectivity index (χ1) is 11.6. The zero-order valence-electron chi connectivity index (χ0n) is 13.5. The minimum Gasteiger partial charge on any atom is -0.425 e. The molecule has 0 saturated heterocycles. The third-order valence-corrected chi connectivity index (χ3v) is 4.60. The normalized spacial score (nSPS) is 16.7. The van der Waals surface area contributed by atoms with Crippen molar-refractivity contribution in [3.63, 3.8) is 0 Å². The lowest BCUT2D eigenvalue weighted by Gasteiger charge is -2.26. The standard InChI is InChI=1S/C19H18N2O3/c1-21-17-6-4-13(8-14(17)5-7-18(21)22)15-9-16(11-20-10-15)24-19(23)12-2-3-12/h4,6,8-12H,2-3,5,7H2,1H3. The number of hydrogen-bond acceptors (Lipinski definition) is 4. The Labute approximate surface area is 140 Å². The summed E-state index contributed by atoms with van der Waals surface area (Å²) < 4.78 is 5.39. The number of aromatic nitrogens is 1. The van der Waals surface area contributed by atoms with Crippen LogP contribution in [-0.2, 0) is 16.0 Å². The summed E-state index contributed by atoms with van der Waals surface area (Å²) in [4.78, 5) is 29.5. The number of amides is 1. The number of carbonyl (C=O) groups excluding carboxylic acids is 2. The number of rotatable bonds is 3. The van der Waals surface area contributed by atoms with Gasteiger partial charge in [0.2, 0.25) is 5.91 Å². The van der Waals surface area contributed by atoms with Gasteiger partial charge in [0.05, 0.1) is 12.1 Å². The van der Waals surface area contributed by atoms with Gasteiger partial charge in [0.1, 0.15) is 5.75 Å². The minimum absolute atomic E-state index is 0.0606. The van der Waals surface area contributed by atoms with Crippen molar-refractivity contribution in [1.29, 1.82) is 0 Å². The Hall–Kier alpha value is -2.69. The molecule has 2 aliphatic rings. The number of carbonyl (C=O) groups is 2. The molecule has 0 radical (unpaired) electrons. The summed E-state index contributed by atoms with van der Waals surface area (Å²) in [5.41, 5.74) is 4.01. The fourth-order valence-electron chi connectivity index (χ4n) is 2.99. The average molecular weight is 322 g/mol. The second kappa shape index (κ2) is 5.74. The number of fused-ring (bicyclic) bond motifs is 1. The van der Waals surface area contributed by atoms with Crippen LogP contribution in [0.5, 0.6) is 5.75 Å². The van der Waals surface area contributed by atoms with E-state index in [4.69, 9.17) is 4.74 Å². The van der Waals surface area contributed by atoms with Gasteiger partial charge in [-0.2, -0.15) is 0 Å². The smallest absolute Gasteiger partial charge is 0.314 e. The number of benzene rings is 1. The molecule has 1 aliphatic carbocycles. The van der Waals surface area contributed by atoms with E-state index >= 15 is 0 Å². The van der Waals surface area contributed by atoms with Crippen LogP contribution in [0.3, 0.4) is 0 Å². The molecule has 0 N–H and O–H groups in total. The second-order valence-corrected chi connectivity index (χ2v) is 6.40. The third kappa shape index (κ3) is 2.77. The van der Waals surface area contributed by atoms with Crippen LogP contribution in [0.2, 0.25) is 0 Å². The number of pyridine rings is 1. The zero-order valence-corrected chi connectivity index (χ0v) is 13.5. The van der Waals surface area contributed by atoms with E-state index in [0.717, 1.165) is 41.6 Å². The molecule has 5 nitrogen and oxygen atoms in total. The van der Waals surface area contributed by atoms with Crippen LogP contribution < -0.4 is 9.64 Å². The van der Waals surface area contributed by atoms with Gasteiger partial charge < -0.3 is 9.64 Å². The first-order valence-corrected chi connectivity index (χ1v) is 8.18. The number of aryl methyl sites for hydroxylation is 1. The second-order valence-electron chi connectivity index (χ2n) is 6.40. The van der Waals surface area contributed by atoms with E-state index in [1.807, 2.05) is 18.2 Å². The Morgan fingerprint density at radius 1 is 1.17 bits per heavy atom. The van der Waals surface area contributed by atoms with E-state index < -0.39 is 0 Å². The van der Waals surface area contributed by atoms with Gasteiger partial charge in [-0.05, 0) is 48.6 Å². The quantitative estimate of drug-likeness (QED) is 0.815. The van der Waals surface area contributed by atoms with Gasteiger partial charge in [-0.1, -0.05) is 6.07 Å². The highest BCUT2D eigenvalue weighted by atomic mass is 16.5. The van der Waals surface area contributed by atoms with Crippen molar-refractivity contribution in [1.82, 2.24) is 4.98 Å². The first-order valence-electron chi connectivity index (χ1n) is 8.18. The SMILES string of the molecule is CN1C(=O)CCc2cc(-c3cncc(OC(=O)C4CC4)c3)ccc21.